The first-order valence-corrected chi connectivity index (χ1v) is 7.25. The Kier molecular flexibility index (Phi) is 3.70. The number of rotatable bonds is 3. The first-order chi connectivity index (χ1) is 6.90. The maximum absolute atomic E-state index is 4.28. The van der Waals surface area contributed by atoms with Crippen LogP contribution in [0.4, 0.5) is 5.13 Å². The molecule has 1 fully saturated rings. The first kappa shape index (κ1) is 10.3. The predicted molar refractivity (Wildman–Crippen MR) is 65.3 cm³/mol. The van der Waals surface area contributed by atoms with Gasteiger partial charge in [-0.05, 0) is 19.1 Å². The van der Waals surface area contributed by atoms with Crippen molar-refractivity contribution in [1.82, 2.24) is 4.98 Å². The van der Waals surface area contributed by atoms with Gasteiger partial charge < -0.3 is 5.32 Å². The van der Waals surface area contributed by atoms with Crippen molar-refractivity contribution >= 4 is 28.2 Å². The summed E-state index contributed by atoms with van der Waals surface area (Å²) < 4.78 is 0. The Morgan fingerprint density at radius 3 is 3.07 bits per heavy atom. The topological polar surface area (TPSA) is 24.9 Å². The fraction of sp³-hybridized carbons (Fsp3) is 0.700. The molecule has 2 atom stereocenters. The van der Waals surface area contributed by atoms with Gasteiger partial charge >= 0.3 is 0 Å². The lowest BCUT2D eigenvalue weighted by Crippen LogP contribution is -2.34. The second-order valence-electron chi connectivity index (χ2n) is 3.65. The number of thioether (sulfide) groups is 1. The summed E-state index contributed by atoms with van der Waals surface area (Å²) in [5, 5.41) is 7.43. The molecular formula is C10H16N2S2. The van der Waals surface area contributed by atoms with Crippen molar-refractivity contribution in [3.8, 4) is 0 Å². The van der Waals surface area contributed by atoms with E-state index < -0.39 is 0 Å². The summed E-state index contributed by atoms with van der Waals surface area (Å²) in [6, 6.07) is 0.630. The van der Waals surface area contributed by atoms with E-state index in [2.05, 4.69) is 16.6 Å². The summed E-state index contributed by atoms with van der Waals surface area (Å²) in [6.07, 6.45) is 9.48. The summed E-state index contributed by atoms with van der Waals surface area (Å²) in [4.78, 5) is 4.28. The van der Waals surface area contributed by atoms with Crippen LogP contribution in [0.3, 0.4) is 0 Å². The zero-order chi connectivity index (χ0) is 9.80. The van der Waals surface area contributed by atoms with Crippen LogP contribution in [0.1, 0.15) is 25.7 Å². The third kappa shape index (κ3) is 2.42. The Morgan fingerprint density at radius 1 is 1.50 bits per heavy atom. The molecule has 14 heavy (non-hydrogen) atoms. The molecule has 1 N–H and O–H groups in total. The van der Waals surface area contributed by atoms with E-state index in [0.29, 0.717) is 6.04 Å². The zero-order valence-corrected chi connectivity index (χ0v) is 10.0. The lowest BCUT2D eigenvalue weighted by atomic mass is 9.95. The van der Waals surface area contributed by atoms with Crippen molar-refractivity contribution in [3.05, 3.63) is 11.6 Å². The van der Waals surface area contributed by atoms with Crippen LogP contribution in [0, 0.1) is 0 Å². The molecular weight excluding hydrogens is 212 g/mol. The highest BCUT2D eigenvalue weighted by atomic mass is 32.2. The van der Waals surface area contributed by atoms with Crippen LogP contribution in [-0.2, 0) is 0 Å². The lowest BCUT2D eigenvalue weighted by molar-refractivity contribution is 0.475. The molecule has 1 aromatic heterocycles. The van der Waals surface area contributed by atoms with Gasteiger partial charge in [-0.2, -0.15) is 11.8 Å². The second kappa shape index (κ2) is 5.03. The van der Waals surface area contributed by atoms with Crippen LogP contribution in [-0.4, -0.2) is 22.5 Å². The molecule has 2 unspecified atom stereocenters. The smallest absolute Gasteiger partial charge is 0.182 e. The maximum atomic E-state index is 4.28. The van der Waals surface area contributed by atoms with E-state index in [1.165, 1.54) is 25.7 Å². The molecule has 0 amide bonds. The molecule has 1 aliphatic carbocycles. The van der Waals surface area contributed by atoms with Crippen LogP contribution in [0.15, 0.2) is 11.6 Å². The summed E-state index contributed by atoms with van der Waals surface area (Å²) in [7, 11) is 0. The minimum absolute atomic E-state index is 0.630. The molecule has 0 aliphatic heterocycles. The molecule has 78 valence electrons. The monoisotopic (exact) mass is 228 g/mol. The van der Waals surface area contributed by atoms with Crippen molar-refractivity contribution in [2.75, 3.05) is 11.6 Å². The third-order valence-corrected chi connectivity index (χ3v) is 4.62. The maximum Gasteiger partial charge on any atom is 0.182 e. The molecule has 1 aliphatic rings. The van der Waals surface area contributed by atoms with E-state index in [1.54, 1.807) is 11.3 Å². The molecule has 0 aromatic carbocycles. The highest BCUT2D eigenvalue weighted by molar-refractivity contribution is 7.99. The highest BCUT2D eigenvalue weighted by Gasteiger charge is 2.24. The molecule has 1 saturated carbocycles. The van der Waals surface area contributed by atoms with Crippen LogP contribution in [0.25, 0.3) is 0 Å². The van der Waals surface area contributed by atoms with Gasteiger partial charge in [0.1, 0.15) is 0 Å². The van der Waals surface area contributed by atoms with Crippen LogP contribution in [0.2, 0.25) is 0 Å². The second-order valence-corrected chi connectivity index (χ2v) is 5.62. The number of anilines is 1. The number of nitrogens with one attached hydrogen (secondary N) is 1. The molecule has 0 spiro atoms. The number of nitrogens with zero attached hydrogens (tertiary/aromatic N) is 1. The summed E-state index contributed by atoms with van der Waals surface area (Å²) in [6.45, 7) is 0. The van der Waals surface area contributed by atoms with Crippen molar-refractivity contribution in [2.45, 2.75) is 37.0 Å². The Bertz CT molecular complexity index is 261. The summed E-state index contributed by atoms with van der Waals surface area (Å²) in [5.74, 6) is 0. The largest absolute Gasteiger partial charge is 0.358 e. The van der Waals surface area contributed by atoms with Crippen LogP contribution in [0.5, 0.6) is 0 Å². The van der Waals surface area contributed by atoms with Crippen molar-refractivity contribution in [3.63, 3.8) is 0 Å². The molecule has 2 nitrogen and oxygen atoms in total. The zero-order valence-electron chi connectivity index (χ0n) is 8.40. The van der Waals surface area contributed by atoms with Gasteiger partial charge in [-0.15, -0.1) is 11.3 Å². The third-order valence-electron chi connectivity index (χ3n) is 2.75. The molecule has 0 radical (unpaired) electrons. The lowest BCUT2D eigenvalue weighted by Gasteiger charge is -2.30. The molecule has 4 heteroatoms. The van der Waals surface area contributed by atoms with Crippen molar-refractivity contribution in [2.24, 2.45) is 0 Å². The molecule has 2 rings (SSSR count). The number of hydrogen-bond donors (Lipinski definition) is 1. The Labute approximate surface area is 93.5 Å². The Hall–Kier alpha value is -0.220. The van der Waals surface area contributed by atoms with Gasteiger partial charge in [0.15, 0.2) is 5.13 Å². The summed E-state index contributed by atoms with van der Waals surface area (Å²) >= 11 is 3.69. The number of aromatic nitrogens is 1. The minimum atomic E-state index is 0.630. The molecule has 1 aromatic rings. The Morgan fingerprint density at radius 2 is 2.36 bits per heavy atom. The SMILES string of the molecule is CSC1CCCCC1Nc1nccs1. The minimum Gasteiger partial charge on any atom is -0.358 e. The standard InChI is InChI=1S/C10H16N2S2/c1-13-9-5-3-2-4-8(9)12-10-11-6-7-14-10/h6-9H,2-5H2,1H3,(H,11,12). The van der Waals surface area contributed by atoms with E-state index in [4.69, 9.17) is 0 Å². The quantitative estimate of drug-likeness (QED) is 0.860. The van der Waals surface area contributed by atoms with Gasteiger partial charge in [0, 0.05) is 22.9 Å². The van der Waals surface area contributed by atoms with E-state index in [-0.39, 0.29) is 0 Å². The number of hydrogen-bond acceptors (Lipinski definition) is 4. The summed E-state index contributed by atoms with van der Waals surface area (Å²) in [5.41, 5.74) is 0. The van der Waals surface area contributed by atoms with Gasteiger partial charge in [-0.25, -0.2) is 4.98 Å². The average Bonchev–Trinajstić information content (AvgIpc) is 2.71. The molecule has 1 heterocycles. The van der Waals surface area contributed by atoms with Gasteiger partial charge in [0.25, 0.3) is 0 Å². The van der Waals surface area contributed by atoms with E-state index in [0.717, 1.165) is 10.4 Å². The van der Waals surface area contributed by atoms with Gasteiger partial charge in [-0.3, -0.25) is 0 Å². The van der Waals surface area contributed by atoms with Gasteiger partial charge in [-0.1, -0.05) is 12.8 Å². The first-order valence-electron chi connectivity index (χ1n) is 5.09. The highest BCUT2D eigenvalue weighted by Crippen LogP contribution is 2.29. The van der Waals surface area contributed by atoms with Crippen LogP contribution >= 0.6 is 23.1 Å². The van der Waals surface area contributed by atoms with Crippen molar-refractivity contribution in [1.29, 1.82) is 0 Å². The number of thiazole rings is 1. The fourth-order valence-electron chi connectivity index (χ4n) is 2.00. The van der Waals surface area contributed by atoms with Gasteiger partial charge in [0.05, 0.1) is 0 Å². The van der Waals surface area contributed by atoms with E-state index in [1.807, 2.05) is 23.3 Å². The Balaban J connectivity index is 1.94. The van der Waals surface area contributed by atoms with Gasteiger partial charge in [0.2, 0.25) is 0 Å². The average molecular weight is 228 g/mol. The van der Waals surface area contributed by atoms with E-state index >= 15 is 0 Å². The van der Waals surface area contributed by atoms with Crippen LogP contribution < -0.4 is 5.32 Å². The fourth-order valence-corrected chi connectivity index (χ4v) is 3.52. The van der Waals surface area contributed by atoms with Crippen molar-refractivity contribution < 1.29 is 0 Å². The van der Waals surface area contributed by atoms with E-state index in [9.17, 15) is 0 Å². The predicted octanol–water partition coefficient (Wildman–Crippen LogP) is 3.23. The normalized spacial score (nSPS) is 27.5. The molecule has 0 saturated heterocycles. The molecule has 0 bridgehead atoms.